The molecular formula is C13H8F15N3O4S2. The first kappa shape index (κ1) is 32.8. The second-order valence-electron chi connectivity index (χ2n) is 6.92. The highest BCUT2D eigenvalue weighted by Crippen LogP contribution is 2.64. The zero-order valence-electron chi connectivity index (χ0n) is 16.5. The maximum absolute atomic E-state index is 14.5. The van der Waals surface area contributed by atoms with Gasteiger partial charge in [0.1, 0.15) is 4.90 Å². The average molecular weight is 619 g/mol. The van der Waals surface area contributed by atoms with Crippen LogP contribution in [0.2, 0.25) is 0 Å². The summed E-state index contributed by atoms with van der Waals surface area (Å²) >= 11 is 0. The summed E-state index contributed by atoms with van der Waals surface area (Å²) in [5.74, 6) is -49.3. The first-order valence-corrected chi connectivity index (χ1v) is 11.2. The first-order valence-electron chi connectivity index (χ1n) is 8.07. The van der Waals surface area contributed by atoms with Gasteiger partial charge in [-0.15, -0.1) is 0 Å². The highest BCUT2D eigenvalue weighted by Gasteiger charge is 2.93. The minimum atomic E-state index is -8.64. The molecule has 1 aromatic rings. The average Bonchev–Trinajstić information content (AvgIpc) is 2.63. The Morgan fingerprint density at radius 2 is 0.838 bits per heavy atom. The summed E-state index contributed by atoms with van der Waals surface area (Å²) in [6, 6.07) is -1.58. The molecule has 0 fully saturated rings. The number of hydrogen-bond donors (Lipinski definition) is 3. The molecule has 0 radical (unpaired) electrons. The van der Waals surface area contributed by atoms with E-state index in [0.29, 0.717) is 0 Å². The van der Waals surface area contributed by atoms with Crippen molar-refractivity contribution >= 4 is 25.7 Å². The molecule has 7 nitrogen and oxygen atoms in total. The van der Waals surface area contributed by atoms with Crippen molar-refractivity contribution in [2.45, 2.75) is 51.5 Å². The molecular weight excluding hydrogens is 611 g/mol. The van der Waals surface area contributed by atoms with Gasteiger partial charge in [0, 0.05) is 5.56 Å². The van der Waals surface area contributed by atoms with Gasteiger partial charge in [0.15, 0.2) is 0 Å². The number of halogens is 15. The van der Waals surface area contributed by atoms with Gasteiger partial charge < -0.3 is 5.73 Å². The molecule has 1 aromatic carbocycles. The Labute approximate surface area is 194 Å². The van der Waals surface area contributed by atoms with E-state index in [4.69, 9.17) is 5.73 Å². The van der Waals surface area contributed by atoms with E-state index in [-0.39, 0.29) is 0 Å². The Balaban J connectivity index is 4.07. The van der Waals surface area contributed by atoms with Gasteiger partial charge in [0.2, 0.25) is 20.0 Å². The van der Waals surface area contributed by atoms with Crippen molar-refractivity contribution in [2.24, 2.45) is 10.3 Å². The fraction of sp³-hybridized carbons (Fsp3) is 0.538. The molecule has 0 heterocycles. The molecule has 1 rings (SSSR count). The van der Waals surface area contributed by atoms with Gasteiger partial charge in [0.05, 0.1) is 10.6 Å². The van der Waals surface area contributed by atoms with E-state index in [0.717, 1.165) is 0 Å². The van der Waals surface area contributed by atoms with Crippen LogP contribution in [0, 0.1) is 0 Å². The largest absolute Gasteiger partial charge is 0.460 e. The van der Waals surface area contributed by atoms with Crippen LogP contribution in [0.3, 0.4) is 0 Å². The van der Waals surface area contributed by atoms with Crippen LogP contribution < -0.4 is 16.0 Å². The lowest BCUT2D eigenvalue weighted by Gasteiger charge is -2.41. The van der Waals surface area contributed by atoms with Crippen LogP contribution in [-0.2, 0) is 26.0 Å². The van der Waals surface area contributed by atoms with Crippen LogP contribution in [0.1, 0.15) is 5.56 Å². The van der Waals surface area contributed by atoms with Crippen LogP contribution in [0.25, 0.3) is 0 Å². The smallest absolute Gasteiger partial charge is 0.398 e. The number of benzene rings is 1. The van der Waals surface area contributed by atoms with E-state index in [1.165, 1.54) is 0 Å². The van der Waals surface area contributed by atoms with E-state index in [2.05, 4.69) is 10.3 Å². The Morgan fingerprint density at radius 3 is 1.16 bits per heavy atom. The fourth-order valence-electron chi connectivity index (χ4n) is 2.44. The third kappa shape index (κ3) is 4.64. The summed E-state index contributed by atoms with van der Waals surface area (Å²) in [5.41, 5.74) is -0.0865. The molecule has 6 N–H and O–H groups in total. The highest BCUT2D eigenvalue weighted by molar-refractivity contribution is 7.90. The number of anilines is 1. The molecule has 0 saturated heterocycles. The maximum atomic E-state index is 14.5. The van der Waals surface area contributed by atoms with Crippen LogP contribution in [0.5, 0.6) is 0 Å². The standard InChI is InChI=1S/C13H8F15N3O4S2/c14-7(15,3-1-4(29)6(37(31,34)35)2-5(3)36(30,32)33)8(16,17)9(18,19)10(20,21)11(22,23)12(24,25)13(26,27)28/h1-2H,29H2,(H2,30,32,33)(H2,31,34,35). The lowest BCUT2D eigenvalue weighted by Crippen LogP contribution is -2.72. The monoisotopic (exact) mass is 619 g/mol. The molecule has 216 valence electrons. The molecule has 0 aromatic heterocycles. The maximum Gasteiger partial charge on any atom is 0.460 e. The van der Waals surface area contributed by atoms with Crippen molar-refractivity contribution in [2.75, 3.05) is 5.73 Å². The summed E-state index contributed by atoms with van der Waals surface area (Å²) in [7, 11) is -11.2. The molecule has 0 atom stereocenters. The lowest BCUT2D eigenvalue weighted by molar-refractivity contribution is -0.453. The zero-order chi connectivity index (χ0) is 30.2. The Morgan fingerprint density at radius 1 is 0.514 bits per heavy atom. The summed E-state index contributed by atoms with van der Waals surface area (Å²) in [6.07, 6.45) is -7.81. The molecule has 0 amide bonds. The number of primary sulfonamides is 2. The number of hydrogen-bond acceptors (Lipinski definition) is 5. The van der Waals surface area contributed by atoms with Gasteiger partial charge in [0.25, 0.3) is 0 Å². The molecule has 0 saturated carbocycles. The van der Waals surface area contributed by atoms with Crippen molar-refractivity contribution < 1.29 is 82.7 Å². The summed E-state index contributed by atoms with van der Waals surface area (Å²) in [4.78, 5) is -4.32. The molecule has 0 spiro atoms. The van der Waals surface area contributed by atoms with Crippen molar-refractivity contribution in [1.82, 2.24) is 0 Å². The van der Waals surface area contributed by atoms with Crippen molar-refractivity contribution in [1.29, 1.82) is 0 Å². The molecule has 37 heavy (non-hydrogen) atoms. The molecule has 0 aliphatic rings. The van der Waals surface area contributed by atoms with Gasteiger partial charge >= 0.3 is 41.7 Å². The third-order valence-electron chi connectivity index (χ3n) is 4.39. The Hall–Kier alpha value is -2.21. The molecule has 0 bridgehead atoms. The number of rotatable bonds is 8. The SMILES string of the molecule is Nc1cc(C(F)(F)C(F)(F)C(F)(F)C(F)(F)C(F)(F)C(F)(F)C(F)(F)F)c(S(N)(=O)=O)cc1S(N)(=O)=O. The molecule has 0 unspecified atom stereocenters. The van der Waals surface area contributed by atoms with Crippen LogP contribution >= 0.6 is 0 Å². The van der Waals surface area contributed by atoms with Gasteiger partial charge in [-0.2, -0.15) is 65.9 Å². The number of alkyl halides is 15. The Kier molecular flexibility index (Phi) is 7.45. The predicted molar refractivity (Wildman–Crippen MR) is 88.3 cm³/mol. The number of sulfonamides is 2. The van der Waals surface area contributed by atoms with E-state index >= 15 is 0 Å². The highest BCUT2D eigenvalue weighted by atomic mass is 32.2. The summed E-state index contributed by atoms with van der Waals surface area (Å²) in [5, 5.41) is 8.89. The first-order chi connectivity index (χ1) is 15.7. The van der Waals surface area contributed by atoms with E-state index in [1.54, 1.807) is 0 Å². The van der Waals surface area contributed by atoms with Crippen LogP contribution in [0.15, 0.2) is 21.9 Å². The lowest BCUT2D eigenvalue weighted by atomic mass is 9.88. The summed E-state index contributed by atoms with van der Waals surface area (Å²) in [6.45, 7) is 0. The molecule has 24 heteroatoms. The minimum Gasteiger partial charge on any atom is -0.398 e. The molecule has 0 aliphatic carbocycles. The van der Waals surface area contributed by atoms with Crippen LogP contribution in [-0.4, -0.2) is 52.6 Å². The quantitative estimate of drug-likeness (QED) is 0.302. The zero-order valence-corrected chi connectivity index (χ0v) is 18.1. The second kappa shape index (κ2) is 8.39. The van der Waals surface area contributed by atoms with Gasteiger partial charge in [-0.05, 0) is 12.1 Å². The van der Waals surface area contributed by atoms with Gasteiger partial charge in [-0.3, -0.25) is 0 Å². The van der Waals surface area contributed by atoms with Crippen molar-refractivity contribution in [3.63, 3.8) is 0 Å². The number of nitrogens with two attached hydrogens (primary N) is 3. The number of nitrogen functional groups attached to an aromatic ring is 1. The molecule has 0 aliphatic heterocycles. The Bertz CT molecular complexity index is 1290. The van der Waals surface area contributed by atoms with Crippen LogP contribution in [0.4, 0.5) is 71.5 Å². The van der Waals surface area contributed by atoms with E-state index in [9.17, 15) is 82.7 Å². The van der Waals surface area contributed by atoms with Gasteiger partial charge in [-0.1, -0.05) is 0 Å². The van der Waals surface area contributed by atoms with Crippen molar-refractivity contribution in [3.8, 4) is 0 Å². The van der Waals surface area contributed by atoms with E-state index < -0.39 is 94.9 Å². The van der Waals surface area contributed by atoms with Crippen molar-refractivity contribution in [3.05, 3.63) is 17.7 Å². The minimum absolute atomic E-state index is 0.665. The van der Waals surface area contributed by atoms with Gasteiger partial charge in [-0.25, -0.2) is 27.1 Å². The predicted octanol–water partition coefficient (Wildman–Crippen LogP) is 3.39. The second-order valence-corrected chi connectivity index (χ2v) is 9.98. The van der Waals surface area contributed by atoms with E-state index in [1.807, 2.05) is 0 Å². The third-order valence-corrected chi connectivity index (χ3v) is 6.31. The summed E-state index contributed by atoms with van der Waals surface area (Å²) < 4.78 is 247. The normalized spacial score (nSPS) is 15.7. The fourth-order valence-corrected chi connectivity index (χ4v) is 3.96. The topological polar surface area (TPSA) is 146 Å².